The molecule has 4 aliphatic carbocycles. The molecule has 0 saturated heterocycles. The first-order chi connectivity index (χ1) is 11.4. The van der Waals surface area contributed by atoms with Crippen molar-refractivity contribution in [1.29, 1.82) is 0 Å². The van der Waals surface area contributed by atoms with Crippen LogP contribution < -0.4 is 0 Å². The first kappa shape index (κ1) is 15.2. The van der Waals surface area contributed by atoms with Gasteiger partial charge in [-0.3, -0.25) is 0 Å². The van der Waals surface area contributed by atoms with Gasteiger partial charge in [0.1, 0.15) is 0 Å². The van der Waals surface area contributed by atoms with E-state index in [-0.39, 0.29) is 0 Å². The van der Waals surface area contributed by atoms with Gasteiger partial charge in [0.05, 0.1) is 0 Å². The molecule has 4 rings (SSSR count). The van der Waals surface area contributed by atoms with Crippen molar-refractivity contribution in [3.63, 3.8) is 0 Å². The third kappa shape index (κ3) is 3.32. The van der Waals surface area contributed by atoms with Gasteiger partial charge in [0.25, 0.3) is 0 Å². The molecule has 0 nitrogen and oxygen atoms in total. The fraction of sp³-hybridized carbons (Fsp3) is 0.565. The first-order valence-corrected chi connectivity index (χ1v) is 9.77. The summed E-state index contributed by atoms with van der Waals surface area (Å²) in [5.41, 5.74) is 0. The zero-order valence-corrected chi connectivity index (χ0v) is 14.2. The molecule has 0 heterocycles. The van der Waals surface area contributed by atoms with Crippen molar-refractivity contribution in [2.45, 2.75) is 44.9 Å². The molecule has 0 aromatic carbocycles. The first-order valence-electron chi connectivity index (χ1n) is 9.77. The predicted octanol–water partition coefficient (Wildman–Crippen LogP) is 6.25. The second-order valence-electron chi connectivity index (χ2n) is 7.98. The molecule has 4 aliphatic rings. The van der Waals surface area contributed by atoms with Crippen LogP contribution >= 0.6 is 0 Å². The van der Waals surface area contributed by atoms with Gasteiger partial charge in [-0.25, -0.2) is 0 Å². The van der Waals surface area contributed by atoms with Crippen LogP contribution in [0.2, 0.25) is 0 Å². The summed E-state index contributed by atoms with van der Waals surface area (Å²) >= 11 is 0. The van der Waals surface area contributed by atoms with Crippen molar-refractivity contribution in [1.82, 2.24) is 0 Å². The summed E-state index contributed by atoms with van der Waals surface area (Å²) in [5.74, 6) is 5.14. The van der Waals surface area contributed by atoms with E-state index < -0.39 is 0 Å². The quantitative estimate of drug-likeness (QED) is 0.527. The lowest BCUT2D eigenvalue weighted by Crippen LogP contribution is -2.12. The smallest absolute Gasteiger partial charge is 0.0136 e. The summed E-state index contributed by atoms with van der Waals surface area (Å²) in [6, 6.07) is 0. The van der Waals surface area contributed by atoms with E-state index >= 15 is 0 Å². The molecular formula is C23H30. The maximum atomic E-state index is 2.49. The molecule has 0 spiro atoms. The van der Waals surface area contributed by atoms with Crippen molar-refractivity contribution in [2.24, 2.45) is 35.5 Å². The Balaban J connectivity index is 1.21. The lowest BCUT2D eigenvalue weighted by molar-refractivity contribution is 0.396. The molecular weight excluding hydrogens is 276 g/mol. The molecule has 0 aromatic rings. The van der Waals surface area contributed by atoms with Gasteiger partial charge in [-0.1, -0.05) is 60.8 Å². The normalized spacial score (nSPS) is 40.9. The van der Waals surface area contributed by atoms with Gasteiger partial charge in [0, 0.05) is 0 Å². The average molecular weight is 306 g/mol. The van der Waals surface area contributed by atoms with E-state index in [1.54, 1.807) is 0 Å². The maximum Gasteiger partial charge on any atom is -0.0136 e. The summed E-state index contributed by atoms with van der Waals surface area (Å²) in [5, 5.41) is 0. The standard InChI is InChI=1S/C23H30/c1(2-8-18-14-16-20-10-4-6-12-22(18)20)3-9-19-15-17-21-11-5-7-13-23(19)21/h1-2,4-7,10-13,18-23H,3,8-9,14-17H2. The van der Waals surface area contributed by atoms with Crippen LogP contribution in [-0.2, 0) is 0 Å². The number of hydrogen-bond acceptors (Lipinski definition) is 0. The summed E-state index contributed by atoms with van der Waals surface area (Å²) in [6.07, 6.45) is 33.4. The summed E-state index contributed by atoms with van der Waals surface area (Å²) in [4.78, 5) is 0. The molecule has 23 heavy (non-hydrogen) atoms. The van der Waals surface area contributed by atoms with E-state index in [0.717, 1.165) is 35.5 Å². The minimum atomic E-state index is 0.819. The second kappa shape index (κ2) is 7.07. The second-order valence-corrected chi connectivity index (χ2v) is 7.98. The van der Waals surface area contributed by atoms with Crippen molar-refractivity contribution in [2.75, 3.05) is 0 Å². The van der Waals surface area contributed by atoms with Crippen molar-refractivity contribution >= 4 is 0 Å². The molecule has 0 N–H and O–H groups in total. The largest absolute Gasteiger partial charge is 0.0885 e. The van der Waals surface area contributed by atoms with E-state index in [2.05, 4.69) is 60.8 Å². The highest BCUT2D eigenvalue weighted by atomic mass is 14.4. The molecule has 2 fully saturated rings. The summed E-state index contributed by atoms with van der Waals surface area (Å²) in [7, 11) is 0. The third-order valence-corrected chi connectivity index (χ3v) is 6.73. The van der Waals surface area contributed by atoms with Crippen molar-refractivity contribution in [3.05, 3.63) is 60.8 Å². The van der Waals surface area contributed by atoms with Gasteiger partial charge in [0.15, 0.2) is 0 Å². The van der Waals surface area contributed by atoms with Gasteiger partial charge in [-0.15, -0.1) is 0 Å². The lowest BCUT2D eigenvalue weighted by atomic mass is 9.83. The van der Waals surface area contributed by atoms with Gasteiger partial charge in [-0.2, -0.15) is 0 Å². The van der Waals surface area contributed by atoms with Crippen LogP contribution in [0.5, 0.6) is 0 Å². The van der Waals surface area contributed by atoms with E-state index in [0.29, 0.717) is 0 Å². The molecule has 0 amide bonds. The molecule has 122 valence electrons. The number of fused-ring (bicyclic) bond motifs is 2. The highest BCUT2D eigenvalue weighted by Crippen LogP contribution is 2.43. The highest BCUT2D eigenvalue weighted by molar-refractivity contribution is 5.18. The van der Waals surface area contributed by atoms with Gasteiger partial charge in [-0.05, 0) is 80.5 Å². The van der Waals surface area contributed by atoms with Gasteiger partial charge < -0.3 is 0 Å². The van der Waals surface area contributed by atoms with Crippen molar-refractivity contribution < 1.29 is 0 Å². The Hall–Kier alpha value is -1.30. The third-order valence-electron chi connectivity index (χ3n) is 6.73. The van der Waals surface area contributed by atoms with Crippen LogP contribution in [0.3, 0.4) is 0 Å². The van der Waals surface area contributed by atoms with E-state index in [1.165, 1.54) is 44.9 Å². The molecule has 6 atom stereocenters. The lowest BCUT2D eigenvalue weighted by Gasteiger charge is -2.21. The minimum Gasteiger partial charge on any atom is -0.0885 e. The van der Waals surface area contributed by atoms with Crippen molar-refractivity contribution in [3.8, 4) is 0 Å². The van der Waals surface area contributed by atoms with Gasteiger partial charge >= 0.3 is 0 Å². The average Bonchev–Trinajstić information content (AvgIpc) is 3.19. The topological polar surface area (TPSA) is 0 Å². The Kier molecular flexibility index (Phi) is 4.69. The Morgan fingerprint density at radius 2 is 1.26 bits per heavy atom. The number of allylic oxidation sites excluding steroid dienone is 10. The monoisotopic (exact) mass is 306 g/mol. The zero-order chi connectivity index (χ0) is 15.5. The fourth-order valence-corrected chi connectivity index (χ4v) is 5.44. The van der Waals surface area contributed by atoms with Crippen LogP contribution in [-0.4, -0.2) is 0 Å². The molecule has 0 bridgehead atoms. The molecule has 6 unspecified atom stereocenters. The Morgan fingerprint density at radius 1 is 0.652 bits per heavy atom. The van der Waals surface area contributed by atoms with Crippen LogP contribution in [0.25, 0.3) is 0 Å². The number of rotatable bonds is 5. The van der Waals surface area contributed by atoms with E-state index in [9.17, 15) is 0 Å². The van der Waals surface area contributed by atoms with Crippen LogP contribution in [0.15, 0.2) is 60.8 Å². The Bertz CT molecular complexity index is 544. The Morgan fingerprint density at radius 3 is 2.00 bits per heavy atom. The van der Waals surface area contributed by atoms with E-state index in [1.807, 2.05) is 0 Å². The van der Waals surface area contributed by atoms with Crippen LogP contribution in [0, 0.1) is 35.5 Å². The molecule has 2 saturated carbocycles. The molecule has 0 radical (unpaired) electrons. The van der Waals surface area contributed by atoms with Gasteiger partial charge in [0.2, 0.25) is 0 Å². The molecule has 0 heteroatoms. The minimum absolute atomic E-state index is 0.819. The highest BCUT2D eigenvalue weighted by Gasteiger charge is 2.33. The SMILES string of the molecule is C1=CC2CCC(CC=CCCC3CCC4C=CC=CC43)C2C=C1. The maximum absolute atomic E-state index is 2.49. The predicted molar refractivity (Wildman–Crippen MR) is 99.0 cm³/mol. The van der Waals surface area contributed by atoms with Crippen LogP contribution in [0.4, 0.5) is 0 Å². The molecule has 0 aromatic heterocycles. The summed E-state index contributed by atoms with van der Waals surface area (Å²) < 4.78 is 0. The van der Waals surface area contributed by atoms with Crippen LogP contribution in [0.1, 0.15) is 44.9 Å². The molecule has 0 aliphatic heterocycles. The Labute approximate surface area is 141 Å². The fourth-order valence-electron chi connectivity index (χ4n) is 5.44. The zero-order valence-electron chi connectivity index (χ0n) is 14.2. The summed E-state index contributed by atoms with van der Waals surface area (Å²) in [6.45, 7) is 0. The number of hydrogen-bond donors (Lipinski definition) is 0. The van der Waals surface area contributed by atoms with E-state index in [4.69, 9.17) is 0 Å².